The average Bonchev–Trinajstić information content (AvgIpc) is 2.95. The average molecular weight is 303 g/mol. The third-order valence-electron chi connectivity index (χ3n) is 4.46. The quantitative estimate of drug-likeness (QED) is 0.803. The maximum Gasteiger partial charge on any atom is 0.101 e. The van der Waals surface area contributed by atoms with Crippen LogP contribution in [-0.2, 0) is 0 Å². The van der Waals surface area contributed by atoms with Crippen LogP contribution in [0.25, 0.3) is 16.9 Å². The molecule has 1 aliphatic carbocycles. The summed E-state index contributed by atoms with van der Waals surface area (Å²) in [7, 11) is 0. The molecule has 4 rings (SSSR count). The highest BCUT2D eigenvalue weighted by Crippen LogP contribution is 2.28. The zero-order valence-corrected chi connectivity index (χ0v) is 13.0. The Hall–Kier alpha value is -2.87. The Labute approximate surface area is 134 Å². The highest BCUT2D eigenvalue weighted by molar-refractivity contribution is 5.68. The maximum absolute atomic E-state index is 8.98. The van der Waals surface area contributed by atoms with E-state index in [1.807, 2.05) is 28.9 Å². The molecule has 0 bridgehead atoms. The van der Waals surface area contributed by atoms with Crippen molar-refractivity contribution in [1.29, 1.82) is 5.26 Å². The number of hydrogen-bond acceptors (Lipinski definition) is 4. The van der Waals surface area contributed by atoms with Gasteiger partial charge < -0.3 is 5.32 Å². The molecule has 5 nitrogen and oxygen atoms in total. The summed E-state index contributed by atoms with van der Waals surface area (Å²) in [6.45, 7) is 2.07. The fraction of sp³-hybridized carbons (Fsp3) is 0.278. The molecule has 3 aromatic rings. The molecule has 0 spiro atoms. The van der Waals surface area contributed by atoms with Gasteiger partial charge in [0.15, 0.2) is 0 Å². The van der Waals surface area contributed by atoms with Crippen molar-refractivity contribution in [3.63, 3.8) is 0 Å². The van der Waals surface area contributed by atoms with E-state index in [9.17, 15) is 0 Å². The van der Waals surface area contributed by atoms with E-state index in [-0.39, 0.29) is 0 Å². The van der Waals surface area contributed by atoms with E-state index in [2.05, 4.69) is 34.5 Å². The number of aromatic nitrogens is 3. The van der Waals surface area contributed by atoms with E-state index in [0.29, 0.717) is 11.6 Å². The van der Waals surface area contributed by atoms with Crippen molar-refractivity contribution in [2.75, 3.05) is 5.32 Å². The molecule has 1 saturated carbocycles. The molecule has 0 aromatic carbocycles. The van der Waals surface area contributed by atoms with Gasteiger partial charge in [0.2, 0.25) is 0 Å². The van der Waals surface area contributed by atoms with Gasteiger partial charge >= 0.3 is 0 Å². The van der Waals surface area contributed by atoms with Crippen molar-refractivity contribution >= 4 is 11.2 Å². The fourth-order valence-corrected chi connectivity index (χ4v) is 2.85. The van der Waals surface area contributed by atoms with Crippen molar-refractivity contribution in [2.45, 2.75) is 32.2 Å². The number of nitriles is 1. The van der Waals surface area contributed by atoms with Gasteiger partial charge in [-0.1, -0.05) is 0 Å². The zero-order chi connectivity index (χ0) is 15.8. The van der Waals surface area contributed by atoms with E-state index < -0.39 is 0 Å². The first-order valence-electron chi connectivity index (χ1n) is 7.86. The van der Waals surface area contributed by atoms with Crippen LogP contribution in [0.1, 0.15) is 30.4 Å². The first kappa shape index (κ1) is 13.8. The summed E-state index contributed by atoms with van der Waals surface area (Å²) >= 11 is 0. The minimum Gasteiger partial charge on any atom is -0.382 e. The number of pyridine rings is 1. The van der Waals surface area contributed by atoms with Crippen LogP contribution in [0.5, 0.6) is 0 Å². The summed E-state index contributed by atoms with van der Waals surface area (Å²) in [6.07, 6.45) is 7.27. The number of rotatable bonds is 3. The Morgan fingerprint density at radius 2 is 2.13 bits per heavy atom. The second-order valence-electron chi connectivity index (χ2n) is 6.07. The lowest BCUT2D eigenvalue weighted by atomic mass is 9.93. The lowest BCUT2D eigenvalue weighted by Gasteiger charge is -2.28. The van der Waals surface area contributed by atoms with Crippen LogP contribution in [0.4, 0.5) is 5.69 Å². The molecule has 5 heteroatoms. The van der Waals surface area contributed by atoms with Gasteiger partial charge in [-0.3, -0.25) is 4.98 Å². The fourth-order valence-electron chi connectivity index (χ4n) is 2.85. The predicted octanol–water partition coefficient (Wildman–Crippen LogP) is 3.54. The van der Waals surface area contributed by atoms with Crippen LogP contribution in [-0.4, -0.2) is 20.6 Å². The van der Waals surface area contributed by atoms with Gasteiger partial charge in [-0.05, 0) is 56.0 Å². The topological polar surface area (TPSA) is 66.0 Å². The SMILES string of the molecule is Cc1cnc(-c2ccc3cc(C#N)cnn23)cc1NC1CCC1. The van der Waals surface area contributed by atoms with E-state index in [0.717, 1.165) is 28.2 Å². The standard InChI is InChI=1S/C18H17N5/c1-12-10-20-17(8-16(12)22-14-3-2-4-14)18-6-5-15-7-13(9-19)11-21-23(15)18/h5-8,10-11,14H,2-4H2,1H3,(H,20,22). The molecule has 1 fully saturated rings. The van der Waals surface area contributed by atoms with E-state index in [1.54, 1.807) is 6.20 Å². The number of hydrogen-bond donors (Lipinski definition) is 1. The third-order valence-corrected chi connectivity index (χ3v) is 4.46. The Morgan fingerprint density at radius 1 is 1.26 bits per heavy atom. The number of nitrogens with one attached hydrogen (secondary N) is 1. The summed E-state index contributed by atoms with van der Waals surface area (Å²) in [5, 5.41) is 16.9. The molecule has 0 aliphatic heterocycles. The maximum atomic E-state index is 8.98. The second kappa shape index (κ2) is 5.40. The van der Waals surface area contributed by atoms with Crippen molar-refractivity contribution in [1.82, 2.24) is 14.6 Å². The number of anilines is 1. The molecule has 0 unspecified atom stereocenters. The molecule has 1 N–H and O–H groups in total. The summed E-state index contributed by atoms with van der Waals surface area (Å²) in [5.41, 5.74) is 5.57. The Morgan fingerprint density at radius 3 is 2.87 bits per heavy atom. The Kier molecular flexibility index (Phi) is 3.23. The molecular formula is C18H17N5. The van der Waals surface area contributed by atoms with Gasteiger partial charge in [0.1, 0.15) is 6.07 Å². The molecule has 0 atom stereocenters. The first-order chi connectivity index (χ1) is 11.2. The molecule has 3 heterocycles. The molecule has 0 radical (unpaired) electrons. The zero-order valence-electron chi connectivity index (χ0n) is 13.0. The normalized spacial score (nSPS) is 14.4. The van der Waals surface area contributed by atoms with E-state index in [4.69, 9.17) is 5.26 Å². The van der Waals surface area contributed by atoms with Crippen molar-refractivity contribution in [3.8, 4) is 17.5 Å². The van der Waals surface area contributed by atoms with E-state index in [1.165, 1.54) is 19.3 Å². The van der Waals surface area contributed by atoms with Gasteiger partial charge in [-0.15, -0.1) is 0 Å². The minimum atomic E-state index is 0.561. The number of fused-ring (bicyclic) bond motifs is 1. The van der Waals surface area contributed by atoms with Gasteiger partial charge in [0.25, 0.3) is 0 Å². The van der Waals surface area contributed by atoms with Crippen LogP contribution in [0.3, 0.4) is 0 Å². The lowest BCUT2D eigenvalue weighted by molar-refractivity contribution is 0.445. The first-order valence-corrected chi connectivity index (χ1v) is 7.86. The van der Waals surface area contributed by atoms with Gasteiger partial charge in [-0.25, -0.2) is 4.52 Å². The monoisotopic (exact) mass is 303 g/mol. The summed E-state index contributed by atoms with van der Waals surface area (Å²) < 4.78 is 1.83. The smallest absolute Gasteiger partial charge is 0.101 e. The third kappa shape index (κ3) is 2.42. The molecule has 0 amide bonds. The Balaban J connectivity index is 1.75. The molecule has 1 aliphatic rings. The van der Waals surface area contributed by atoms with E-state index >= 15 is 0 Å². The van der Waals surface area contributed by atoms with Crippen LogP contribution >= 0.6 is 0 Å². The van der Waals surface area contributed by atoms with Crippen LogP contribution in [0, 0.1) is 18.3 Å². The molecule has 0 saturated heterocycles. The van der Waals surface area contributed by atoms with Crippen molar-refractivity contribution < 1.29 is 0 Å². The van der Waals surface area contributed by atoms with Crippen LogP contribution in [0.15, 0.2) is 36.7 Å². The lowest BCUT2D eigenvalue weighted by Crippen LogP contribution is -2.27. The Bertz CT molecular complexity index is 915. The van der Waals surface area contributed by atoms with Gasteiger partial charge in [0.05, 0.1) is 28.7 Å². The highest BCUT2D eigenvalue weighted by Gasteiger charge is 2.18. The van der Waals surface area contributed by atoms with Crippen molar-refractivity contribution in [2.24, 2.45) is 0 Å². The molecule has 23 heavy (non-hydrogen) atoms. The van der Waals surface area contributed by atoms with Crippen LogP contribution in [0.2, 0.25) is 0 Å². The molecule has 114 valence electrons. The second-order valence-corrected chi connectivity index (χ2v) is 6.07. The molecular weight excluding hydrogens is 286 g/mol. The van der Waals surface area contributed by atoms with Gasteiger partial charge in [-0.2, -0.15) is 10.4 Å². The van der Waals surface area contributed by atoms with Crippen LogP contribution < -0.4 is 5.32 Å². The predicted molar refractivity (Wildman–Crippen MR) is 89.1 cm³/mol. The van der Waals surface area contributed by atoms with Crippen molar-refractivity contribution in [3.05, 3.63) is 47.8 Å². The minimum absolute atomic E-state index is 0.561. The summed E-state index contributed by atoms with van der Waals surface area (Å²) in [6, 6.07) is 10.6. The highest BCUT2D eigenvalue weighted by atomic mass is 15.2. The number of nitrogens with zero attached hydrogens (tertiary/aromatic N) is 4. The summed E-state index contributed by atoms with van der Waals surface area (Å²) in [4.78, 5) is 4.56. The summed E-state index contributed by atoms with van der Waals surface area (Å²) in [5.74, 6) is 0. The van der Waals surface area contributed by atoms with Gasteiger partial charge in [0, 0.05) is 17.9 Å². The largest absolute Gasteiger partial charge is 0.382 e. The number of aryl methyl sites for hydroxylation is 1. The molecule has 3 aromatic heterocycles.